The van der Waals surface area contributed by atoms with Crippen molar-refractivity contribution in [1.82, 2.24) is 10.2 Å². The van der Waals surface area contributed by atoms with Gasteiger partial charge in [0.1, 0.15) is 11.4 Å². The lowest BCUT2D eigenvalue weighted by Gasteiger charge is -2.43. The molecular weight excluding hydrogens is 248 g/mol. The number of β-lactam (4-membered cyclic amide) rings is 1. The molecule has 1 aliphatic rings. The van der Waals surface area contributed by atoms with E-state index in [1.807, 2.05) is 36.6 Å². The monoisotopic (exact) mass is 264 g/mol. The number of benzene rings is 1. The molecule has 0 spiro atoms. The minimum atomic E-state index is -0.374. The number of carbonyl (C=O) groups is 2. The predicted molar refractivity (Wildman–Crippen MR) is 72.1 cm³/mol. The van der Waals surface area contributed by atoms with Gasteiger partial charge in [-0.2, -0.15) is 0 Å². The lowest BCUT2D eigenvalue weighted by molar-refractivity contribution is -0.146. The highest BCUT2D eigenvalue weighted by atomic mass is 32.2. The van der Waals surface area contributed by atoms with Crippen LogP contribution in [0.2, 0.25) is 0 Å². The molecule has 2 unspecified atom stereocenters. The zero-order valence-corrected chi connectivity index (χ0v) is 11.2. The fraction of sp³-hybridized carbons (Fsp3) is 0.385. The van der Waals surface area contributed by atoms with E-state index >= 15 is 0 Å². The SMILES string of the molecule is CSC1C(NC(=O)Cc2ccccc2)C(=O)N1C. The van der Waals surface area contributed by atoms with Crippen LogP contribution in [0.15, 0.2) is 30.3 Å². The zero-order valence-electron chi connectivity index (χ0n) is 10.4. The van der Waals surface area contributed by atoms with Crippen molar-refractivity contribution in [3.8, 4) is 0 Å². The Morgan fingerprint density at radius 3 is 2.67 bits per heavy atom. The average Bonchev–Trinajstić information content (AvgIpc) is 2.39. The van der Waals surface area contributed by atoms with Crippen molar-refractivity contribution in [1.29, 1.82) is 0 Å². The van der Waals surface area contributed by atoms with E-state index < -0.39 is 0 Å². The van der Waals surface area contributed by atoms with Crippen molar-refractivity contribution in [3.05, 3.63) is 35.9 Å². The van der Waals surface area contributed by atoms with Crippen molar-refractivity contribution in [2.24, 2.45) is 0 Å². The summed E-state index contributed by atoms with van der Waals surface area (Å²) in [4.78, 5) is 25.1. The van der Waals surface area contributed by atoms with Crippen molar-refractivity contribution in [3.63, 3.8) is 0 Å². The molecule has 1 saturated heterocycles. The van der Waals surface area contributed by atoms with Crippen molar-refractivity contribution >= 4 is 23.6 Å². The summed E-state index contributed by atoms with van der Waals surface area (Å²) in [6.45, 7) is 0. The van der Waals surface area contributed by atoms with Crippen LogP contribution in [0.25, 0.3) is 0 Å². The van der Waals surface area contributed by atoms with E-state index in [1.54, 1.807) is 23.7 Å². The van der Waals surface area contributed by atoms with E-state index in [4.69, 9.17) is 0 Å². The van der Waals surface area contributed by atoms with Crippen LogP contribution >= 0.6 is 11.8 Å². The average molecular weight is 264 g/mol. The fourth-order valence-electron chi connectivity index (χ4n) is 2.04. The van der Waals surface area contributed by atoms with Gasteiger partial charge in [-0.1, -0.05) is 30.3 Å². The van der Waals surface area contributed by atoms with Crippen molar-refractivity contribution in [2.45, 2.75) is 17.8 Å². The normalized spacial score (nSPS) is 22.6. The second kappa shape index (κ2) is 5.44. The van der Waals surface area contributed by atoms with Gasteiger partial charge in [0.25, 0.3) is 0 Å². The van der Waals surface area contributed by atoms with Gasteiger partial charge in [0, 0.05) is 7.05 Å². The van der Waals surface area contributed by atoms with Crippen LogP contribution in [-0.4, -0.2) is 41.4 Å². The Morgan fingerprint density at radius 1 is 1.39 bits per heavy atom. The first-order valence-electron chi connectivity index (χ1n) is 5.76. The summed E-state index contributed by atoms with van der Waals surface area (Å²) in [5.74, 6) is -0.123. The van der Waals surface area contributed by atoms with Crippen LogP contribution in [0.4, 0.5) is 0 Å². The number of nitrogens with one attached hydrogen (secondary N) is 1. The Hall–Kier alpha value is -1.49. The summed E-state index contributed by atoms with van der Waals surface area (Å²) in [5, 5.41) is 2.85. The molecule has 1 fully saturated rings. The Morgan fingerprint density at radius 2 is 2.06 bits per heavy atom. The maximum atomic E-state index is 11.8. The molecule has 0 saturated carbocycles. The van der Waals surface area contributed by atoms with Gasteiger partial charge in [-0.3, -0.25) is 9.59 Å². The smallest absolute Gasteiger partial charge is 0.248 e. The van der Waals surface area contributed by atoms with Crippen molar-refractivity contribution < 1.29 is 9.59 Å². The highest BCUT2D eigenvalue weighted by Crippen LogP contribution is 2.26. The molecular formula is C13H16N2O2S. The molecule has 0 aromatic heterocycles. The van der Waals surface area contributed by atoms with E-state index in [-0.39, 0.29) is 23.2 Å². The summed E-state index contributed by atoms with van der Waals surface area (Å²) in [6, 6.07) is 9.14. The Kier molecular flexibility index (Phi) is 3.91. The molecule has 1 heterocycles. The molecule has 1 aliphatic heterocycles. The van der Waals surface area contributed by atoms with Crippen LogP contribution in [0.5, 0.6) is 0 Å². The molecule has 2 atom stereocenters. The molecule has 0 aliphatic carbocycles. The van der Waals surface area contributed by atoms with Gasteiger partial charge < -0.3 is 10.2 Å². The lowest BCUT2D eigenvalue weighted by atomic mass is 10.1. The standard InChI is InChI=1S/C13H16N2O2S/c1-15-12(17)11(13(15)18-2)14-10(16)8-9-6-4-3-5-7-9/h3-7,11,13H,8H2,1-2H3,(H,14,16). The van der Waals surface area contributed by atoms with Gasteiger partial charge in [-0.05, 0) is 11.8 Å². The van der Waals surface area contributed by atoms with Crippen LogP contribution in [0, 0.1) is 0 Å². The van der Waals surface area contributed by atoms with E-state index in [2.05, 4.69) is 5.32 Å². The van der Waals surface area contributed by atoms with Gasteiger partial charge in [0.05, 0.1) is 6.42 Å². The summed E-state index contributed by atoms with van der Waals surface area (Å²) in [6.07, 6.45) is 2.25. The van der Waals surface area contributed by atoms with Crippen molar-refractivity contribution in [2.75, 3.05) is 13.3 Å². The quantitative estimate of drug-likeness (QED) is 0.821. The molecule has 1 aromatic carbocycles. The third-order valence-corrected chi connectivity index (χ3v) is 4.12. The molecule has 96 valence electrons. The number of likely N-dealkylation sites (N-methyl/N-ethyl adjacent to an activating group) is 1. The van der Waals surface area contributed by atoms with Gasteiger partial charge in [0.15, 0.2) is 0 Å². The van der Waals surface area contributed by atoms with Gasteiger partial charge in [-0.15, -0.1) is 11.8 Å². The Labute approximate surface area is 111 Å². The molecule has 5 heteroatoms. The first-order chi connectivity index (χ1) is 8.63. The molecule has 2 amide bonds. The largest absolute Gasteiger partial charge is 0.341 e. The lowest BCUT2D eigenvalue weighted by Crippen LogP contribution is -2.68. The minimum absolute atomic E-state index is 0.0178. The number of amides is 2. The number of likely N-dealkylation sites (tertiary alicyclic amines) is 1. The third-order valence-electron chi connectivity index (χ3n) is 3.05. The Balaban J connectivity index is 1.90. The summed E-state index contributed by atoms with van der Waals surface area (Å²) in [7, 11) is 1.75. The van der Waals surface area contributed by atoms with Crippen LogP contribution in [0.1, 0.15) is 5.56 Å². The van der Waals surface area contributed by atoms with Crippen LogP contribution < -0.4 is 5.32 Å². The molecule has 2 rings (SSSR count). The number of rotatable bonds is 4. The zero-order chi connectivity index (χ0) is 13.1. The molecule has 1 N–H and O–H groups in total. The summed E-state index contributed by atoms with van der Waals surface area (Å²) < 4.78 is 0. The number of hydrogen-bond acceptors (Lipinski definition) is 3. The second-order valence-corrected chi connectivity index (χ2v) is 5.24. The number of nitrogens with zero attached hydrogens (tertiary/aromatic N) is 1. The molecule has 4 nitrogen and oxygen atoms in total. The maximum Gasteiger partial charge on any atom is 0.248 e. The number of carbonyl (C=O) groups excluding carboxylic acids is 2. The molecule has 0 radical (unpaired) electrons. The minimum Gasteiger partial charge on any atom is -0.341 e. The predicted octanol–water partition coefficient (Wildman–Crippen LogP) is 0.875. The second-order valence-electron chi connectivity index (χ2n) is 4.28. The fourth-order valence-corrected chi connectivity index (χ4v) is 2.92. The topological polar surface area (TPSA) is 49.4 Å². The van der Waals surface area contributed by atoms with Gasteiger partial charge in [0.2, 0.25) is 11.8 Å². The van der Waals surface area contributed by atoms with Crippen LogP contribution in [-0.2, 0) is 16.0 Å². The first kappa shape index (κ1) is 13.0. The number of hydrogen-bond donors (Lipinski definition) is 1. The molecule has 18 heavy (non-hydrogen) atoms. The number of thioether (sulfide) groups is 1. The highest BCUT2D eigenvalue weighted by molar-refractivity contribution is 7.99. The van der Waals surface area contributed by atoms with E-state index in [1.165, 1.54) is 0 Å². The van der Waals surface area contributed by atoms with E-state index in [9.17, 15) is 9.59 Å². The molecule has 0 bridgehead atoms. The van der Waals surface area contributed by atoms with E-state index in [0.29, 0.717) is 6.42 Å². The van der Waals surface area contributed by atoms with Gasteiger partial charge in [-0.25, -0.2) is 0 Å². The third kappa shape index (κ3) is 2.51. The van der Waals surface area contributed by atoms with Gasteiger partial charge >= 0.3 is 0 Å². The Bertz CT molecular complexity index is 450. The highest BCUT2D eigenvalue weighted by Gasteiger charge is 2.45. The maximum absolute atomic E-state index is 11.8. The summed E-state index contributed by atoms with van der Waals surface area (Å²) in [5.41, 5.74) is 0.954. The summed E-state index contributed by atoms with van der Waals surface area (Å²) >= 11 is 1.57. The van der Waals surface area contributed by atoms with Crippen LogP contribution in [0.3, 0.4) is 0 Å². The van der Waals surface area contributed by atoms with E-state index in [0.717, 1.165) is 5.56 Å². The first-order valence-corrected chi connectivity index (χ1v) is 7.05. The molecule has 1 aromatic rings.